The monoisotopic (exact) mass is 1560 g/mol. The van der Waals surface area contributed by atoms with Crippen LogP contribution in [0.25, 0.3) is 24.3 Å². The van der Waals surface area contributed by atoms with Crippen molar-refractivity contribution < 1.29 is 17.6 Å². The molecule has 21 heteroatoms. The molecule has 112 heavy (non-hydrogen) atoms. The van der Waals surface area contributed by atoms with Crippen LogP contribution in [0.1, 0.15) is 285 Å². The minimum Gasteiger partial charge on any atom is -0.345 e. The fourth-order valence-electron chi connectivity index (χ4n) is 5.04. The minimum absolute atomic E-state index is 0.0260. The van der Waals surface area contributed by atoms with Crippen molar-refractivity contribution in [3.63, 3.8) is 0 Å². The number of hydrogen-bond donors (Lipinski definition) is 4. The predicted octanol–water partition coefficient (Wildman–Crippen LogP) is 26.7. The van der Waals surface area contributed by atoms with Gasteiger partial charge in [0.2, 0.25) is 17.9 Å². The van der Waals surface area contributed by atoms with E-state index < -0.39 is 11.9 Å². The number of hydrogen-bond acceptors (Lipinski definition) is 10. The van der Waals surface area contributed by atoms with E-state index in [0.29, 0.717) is 51.3 Å². The molecule has 0 aliphatic carbocycles. The van der Waals surface area contributed by atoms with Crippen LogP contribution >= 0.6 is 0 Å². The lowest BCUT2D eigenvalue weighted by Crippen LogP contribution is -2.22. The van der Waals surface area contributed by atoms with Gasteiger partial charge in [-0.1, -0.05) is 238 Å². The molecule has 0 atom stereocenters. The van der Waals surface area contributed by atoms with E-state index in [-0.39, 0.29) is 28.5 Å². The molecule has 3 aliphatic rings. The zero-order valence-corrected chi connectivity index (χ0v) is 76.6. The molecule has 10 rings (SSSR count). The summed E-state index contributed by atoms with van der Waals surface area (Å²) in [4.78, 5) is 28.2. The van der Waals surface area contributed by atoms with Gasteiger partial charge < -0.3 is 14.5 Å². The van der Waals surface area contributed by atoms with Crippen LogP contribution < -0.4 is 0 Å². The molecule has 3 aliphatic heterocycles. The maximum Gasteiger partial charge on any atom is 0.232 e. The number of allylic oxidation sites excluding steroid dienone is 4. The number of halogens is 4. The normalized spacial score (nSPS) is 11.9. The van der Waals surface area contributed by atoms with Gasteiger partial charge >= 0.3 is 0 Å². The smallest absolute Gasteiger partial charge is 0.232 e. The molecule has 0 saturated heterocycles. The summed E-state index contributed by atoms with van der Waals surface area (Å²) in [5, 5.41) is 19.8. The Balaban J connectivity index is -0.000000211. The third kappa shape index (κ3) is 105. The quantitative estimate of drug-likeness (QED) is 0.0968. The van der Waals surface area contributed by atoms with Gasteiger partial charge in [-0.25, -0.2) is 19.9 Å². The fraction of sp³-hybridized carbons (Fsp3) is 0.538. The first-order chi connectivity index (χ1) is 50.7. The molecule has 10 heterocycles. The first kappa shape index (κ1) is 116. The summed E-state index contributed by atoms with van der Waals surface area (Å²) in [7, 11) is 0. The number of nitrogens with zero attached hydrogens (tertiary/aromatic N) is 13. The third-order valence-corrected chi connectivity index (χ3v) is 8.96. The van der Waals surface area contributed by atoms with Crippen LogP contribution in [-0.2, 0) is 16.6 Å². The van der Waals surface area contributed by atoms with E-state index in [4.69, 9.17) is 6.42 Å². The van der Waals surface area contributed by atoms with Crippen molar-refractivity contribution in [3.05, 3.63) is 203 Å². The molecule has 0 bridgehead atoms. The van der Waals surface area contributed by atoms with Crippen molar-refractivity contribution in [2.45, 2.75) is 272 Å². The van der Waals surface area contributed by atoms with Crippen LogP contribution in [0.3, 0.4) is 0 Å². The van der Waals surface area contributed by atoms with Gasteiger partial charge in [-0.05, 0) is 161 Å². The summed E-state index contributed by atoms with van der Waals surface area (Å²) in [5.41, 5.74) is 5.86. The second-order valence-corrected chi connectivity index (χ2v) is 38.0. The van der Waals surface area contributed by atoms with E-state index in [2.05, 4.69) is 338 Å². The summed E-state index contributed by atoms with van der Waals surface area (Å²) >= 11 is 0. The highest BCUT2D eigenvalue weighted by Gasteiger charge is 2.16. The number of nitrogens with one attached hydrogen (secondary N) is 4. The number of aromatic nitrogens is 14. The second-order valence-electron chi connectivity index (χ2n) is 38.0. The molecule has 7 aromatic heterocycles. The molecule has 0 saturated carbocycles. The van der Waals surface area contributed by atoms with E-state index >= 15 is 0 Å². The maximum atomic E-state index is 12.3. The fourth-order valence-corrected chi connectivity index (χ4v) is 5.04. The Bertz CT molecular complexity index is 3420. The Labute approximate surface area is 679 Å². The van der Waals surface area contributed by atoms with Crippen molar-refractivity contribution in [1.29, 1.82) is 0 Å². The van der Waals surface area contributed by atoms with E-state index in [0.717, 1.165) is 41.2 Å². The van der Waals surface area contributed by atoms with Crippen molar-refractivity contribution in [2.24, 2.45) is 53.4 Å². The summed E-state index contributed by atoms with van der Waals surface area (Å²) in [6.45, 7) is 96.7. The molecule has 0 aromatic carbocycles. The lowest BCUT2D eigenvalue weighted by molar-refractivity contribution is 0.342. The molecule has 0 unspecified atom stereocenters. The average Bonchev–Trinajstić information content (AvgIpc) is 1.72. The Morgan fingerprint density at radius 3 is 1.03 bits per heavy atom. The lowest BCUT2D eigenvalue weighted by atomic mass is 10.0. The highest BCUT2D eigenvalue weighted by atomic mass is 19.1. The van der Waals surface area contributed by atoms with Gasteiger partial charge in [-0.3, -0.25) is 29.5 Å². The molecule has 0 spiro atoms. The van der Waals surface area contributed by atoms with Gasteiger partial charge in [0.25, 0.3) is 0 Å². The van der Waals surface area contributed by atoms with Crippen LogP contribution in [0.4, 0.5) is 17.6 Å². The van der Waals surface area contributed by atoms with Gasteiger partial charge in [0.15, 0.2) is 11.8 Å². The molecule has 632 valence electrons. The first-order valence-corrected chi connectivity index (χ1v) is 37.7. The molecule has 7 aromatic rings. The SMILES string of the molecule is C#Cc1nccn1C(C)(C)C.C=CC1=NCC=C1.C=Cc1ccn(C(C)(C)C)n1.C=Cc1ccn[nH]1.C=Cc1ncc[nH]1.C=Cc1ncc[nH]1.CC(C)(C)C.CC(C)(C)C.CC(C)(C)C.CC(C)(C)C.CC(C)(C)C.CC(C)(C)C.CC(C)(C)n1ccc(F)n1.CC(C)C.FC1=NC=CC1.FC1=NCC=C1.Fc1ccn[nH]1. The van der Waals surface area contributed by atoms with Gasteiger partial charge in [0.1, 0.15) is 11.6 Å². The predicted molar refractivity (Wildman–Crippen MR) is 482 cm³/mol. The van der Waals surface area contributed by atoms with Crippen molar-refractivity contribution >= 4 is 41.9 Å². The third-order valence-electron chi connectivity index (χ3n) is 8.96. The van der Waals surface area contributed by atoms with Crippen LogP contribution in [0.15, 0.2) is 177 Å². The van der Waals surface area contributed by atoms with Crippen molar-refractivity contribution in [3.8, 4) is 12.3 Å². The van der Waals surface area contributed by atoms with E-state index in [1.54, 1.807) is 90.6 Å². The van der Waals surface area contributed by atoms with Gasteiger partial charge in [0.05, 0.1) is 47.5 Å². The zero-order valence-electron chi connectivity index (χ0n) is 76.6. The number of terminal acetylenes is 1. The second kappa shape index (κ2) is 61.3. The van der Waals surface area contributed by atoms with Crippen LogP contribution in [-0.4, -0.2) is 100 Å². The Morgan fingerprint density at radius 2 is 0.866 bits per heavy atom. The Hall–Kier alpha value is -9.32. The summed E-state index contributed by atoms with van der Waals surface area (Å²) < 4.78 is 52.6. The lowest BCUT2D eigenvalue weighted by Gasteiger charge is -2.21. The number of imidazole rings is 3. The Kier molecular flexibility index (Phi) is 63.5. The molecule has 17 nitrogen and oxygen atoms in total. The number of aliphatic imine (C=N–C) groups is 3. The van der Waals surface area contributed by atoms with Crippen LogP contribution in [0.2, 0.25) is 0 Å². The van der Waals surface area contributed by atoms with E-state index in [9.17, 15) is 17.6 Å². The topological polar surface area (TPSA) is 205 Å². The van der Waals surface area contributed by atoms with Gasteiger partial charge in [0, 0.05) is 86.1 Å². The largest absolute Gasteiger partial charge is 0.345 e. The van der Waals surface area contributed by atoms with Crippen molar-refractivity contribution in [2.75, 3.05) is 13.1 Å². The standard InChI is InChI=1S/C9H12N2.C9H14N2.C7H11FN2.C6H7N.3C5H6N2.6C5H12.2C4H4FN.C4H10.C3H3FN2/c1-5-8-10-6-7-11(8)9(2,3)4;1-5-8-6-7-11(10-8)9(2,3)4;1-7(2,3)10-5-4-6(8)9-10;1-2-6-4-3-5-7-6;2*1-2-5-6-3-4-7-5;1-2-5-3-4-6-7-5;6*1-5(2,3)4;2*5-4-2-1-3-6-4;1-4(2)3;4-3-1-2-5-6-3/h1,6-7H,2-4H3;5-7H,1H2,2-4H3;4-5H,1-3H3;2-4H,1,5H2;3*2-4H,1H2,(H,6,7);6*1-4H3;1,3H,2H2;1-2H,3H2;4H,1-3H3;1-2H,(H,5,6). The van der Waals surface area contributed by atoms with Gasteiger partial charge in [-0.2, -0.15) is 32.9 Å². The number of H-pyrrole nitrogens is 4. The molecular formula is C91H155F4N17. The van der Waals surface area contributed by atoms with Gasteiger partial charge in [-0.15, -0.1) is 11.5 Å². The van der Waals surface area contributed by atoms with Crippen molar-refractivity contribution in [1.82, 2.24) is 69.4 Å². The molecule has 0 amide bonds. The van der Waals surface area contributed by atoms with E-state index in [1.165, 1.54) is 30.6 Å². The highest BCUT2D eigenvalue weighted by molar-refractivity contribution is 6.04. The number of rotatable bonds is 5. The highest BCUT2D eigenvalue weighted by Crippen LogP contribution is 2.17. The average molecular weight is 1560 g/mol. The molecule has 4 N–H and O–H groups in total. The molecular weight excluding hydrogens is 1410 g/mol. The summed E-state index contributed by atoms with van der Waals surface area (Å²) in [6, 6.07) is 6.41. The van der Waals surface area contributed by atoms with Crippen LogP contribution in [0.5, 0.6) is 0 Å². The molecule has 0 fully saturated rings. The maximum absolute atomic E-state index is 12.3. The van der Waals surface area contributed by atoms with E-state index in [1.807, 2.05) is 66.7 Å². The minimum atomic E-state index is -0.421. The summed E-state index contributed by atoms with van der Waals surface area (Å²) in [5.74, 6) is 4.25. The zero-order chi connectivity index (χ0) is 89.0. The summed E-state index contributed by atoms with van der Waals surface area (Å²) in [6.07, 6.45) is 41.5. The van der Waals surface area contributed by atoms with Crippen LogP contribution in [0, 0.1) is 62.6 Å². The number of aromatic amines is 4. The Morgan fingerprint density at radius 1 is 0.455 bits per heavy atom. The first-order valence-electron chi connectivity index (χ1n) is 37.7. The molecule has 0 radical (unpaired) electrons.